The summed E-state index contributed by atoms with van der Waals surface area (Å²) >= 11 is 0. The van der Waals surface area contributed by atoms with E-state index in [0.717, 1.165) is 30.1 Å². The summed E-state index contributed by atoms with van der Waals surface area (Å²) in [5, 5.41) is 4.37. The first-order valence-electron chi connectivity index (χ1n) is 8.09. The molecule has 0 spiro atoms. The SMILES string of the molecule is Cc1cc(COC2(CN)CCC(C(C)(C)C)CC2)n(C)n1. The fourth-order valence-electron chi connectivity index (χ4n) is 3.44. The fourth-order valence-corrected chi connectivity index (χ4v) is 3.44. The molecule has 2 rings (SSSR count). The van der Waals surface area contributed by atoms with Gasteiger partial charge in [-0.15, -0.1) is 0 Å². The Hall–Kier alpha value is -0.870. The molecule has 0 aliphatic heterocycles. The van der Waals surface area contributed by atoms with Crippen LogP contribution >= 0.6 is 0 Å². The van der Waals surface area contributed by atoms with Crippen LogP contribution in [0.15, 0.2) is 6.07 Å². The zero-order chi connectivity index (χ0) is 15.7. The third-order valence-corrected chi connectivity index (χ3v) is 5.12. The van der Waals surface area contributed by atoms with Crippen molar-refractivity contribution in [3.05, 3.63) is 17.5 Å². The average molecular weight is 293 g/mol. The van der Waals surface area contributed by atoms with E-state index < -0.39 is 0 Å². The summed E-state index contributed by atoms with van der Waals surface area (Å²) in [4.78, 5) is 0. The van der Waals surface area contributed by atoms with Crippen LogP contribution in [0.2, 0.25) is 0 Å². The van der Waals surface area contributed by atoms with Gasteiger partial charge in [-0.3, -0.25) is 4.68 Å². The Labute approximate surface area is 129 Å². The second-order valence-corrected chi connectivity index (χ2v) is 7.72. The molecule has 1 aromatic rings. The second kappa shape index (κ2) is 6.09. The number of hydrogen-bond acceptors (Lipinski definition) is 3. The van der Waals surface area contributed by atoms with Gasteiger partial charge in [0.05, 0.1) is 23.6 Å². The number of rotatable bonds is 4. The van der Waals surface area contributed by atoms with E-state index in [2.05, 4.69) is 31.9 Å². The largest absolute Gasteiger partial charge is 0.367 e. The summed E-state index contributed by atoms with van der Waals surface area (Å²) in [7, 11) is 1.97. The number of aryl methyl sites for hydroxylation is 2. The maximum atomic E-state index is 6.28. The van der Waals surface area contributed by atoms with Gasteiger partial charge in [-0.2, -0.15) is 5.10 Å². The van der Waals surface area contributed by atoms with E-state index in [1.807, 2.05) is 18.7 Å². The second-order valence-electron chi connectivity index (χ2n) is 7.72. The Morgan fingerprint density at radius 3 is 2.43 bits per heavy atom. The van der Waals surface area contributed by atoms with Crippen LogP contribution in [0.25, 0.3) is 0 Å². The van der Waals surface area contributed by atoms with Crippen molar-refractivity contribution in [2.24, 2.45) is 24.1 Å². The number of nitrogens with two attached hydrogens (primary N) is 1. The molecule has 1 fully saturated rings. The lowest BCUT2D eigenvalue weighted by atomic mass is 9.68. The van der Waals surface area contributed by atoms with Gasteiger partial charge < -0.3 is 10.5 Å². The standard InChI is InChI=1S/C17H31N3O/c1-13-10-15(20(5)19-13)11-21-17(12-18)8-6-14(7-9-17)16(2,3)4/h10,14H,6-9,11-12,18H2,1-5H3. The van der Waals surface area contributed by atoms with Crippen LogP contribution in [0.3, 0.4) is 0 Å². The Kier molecular flexibility index (Phi) is 4.79. The quantitative estimate of drug-likeness (QED) is 0.927. The first-order valence-corrected chi connectivity index (χ1v) is 8.09. The summed E-state index contributed by atoms with van der Waals surface area (Å²) in [5.41, 5.74) is 8.46. The van der Waals surface area contributed by atoms with E-state index in [1.54, 1.807) is 0 Å². The lowest BCUT2D eigenvalue weighted by molar-refractivity contribution is -0.0905. The van der Waals surface area contributed by atoms with Gasteiger partial charge in [-0.05, 0) is 50.0 Å². The Balaban J connectivity index is 1.96. The van der Waals surface area contributed by atoms with Gasteiger partial charge in [0.1, 0.15) is 0 Å². The van der Waals surface area contributed by atoms with Crippen molar-refractivity contribution in [2.45, 2.75) is 65.6 Å². The van der Waals surface area contributed by atoms with Crippen LogP contribution in [-0.4, -0.2) is 21.9 Å². The molecular weight excluding hydrogens is 262 g/mol. The topological polar surface area (TPSA) is 53.1 Å². The highest BCUT2D eigenvalue weighted by atomic mass is 16.5. The van der Waals surface area contributed by atoms with E-state index in [-0.39, 0.29) is 5.60 Å². The molecule has 2 N–H and O–H groups in total. The van der Waals surface area contributed by atoms with E-state index in [0.29, 0.717) is 18.6 Å². The first kappa shape index (κ1) is 16.5. The zero-order valence-electron chi connectivity index (χ0n) is 14.3. The molecule has 0 aromatic carbocycles. The smallest absolute Gasteiger partial charge is 0.0892 e. The summed E-state index contributed by atoms with van der Waals surface area (Å²) in [6, 6.07) is 2.09. The van der Waals surface area contributed by atoms with E-state index in [9.17, 15) is 0 Å². The monoisotopic (exact) mass is 293 g/mol. The van der Waals surface area contributed by atoms with Crippen molar-refractivity contribution in [1.82, 2.24) is 9.78 Å². The average Bonchev–Trinajstić information content (AvgIpc) is 2.74. The van der Waals surface area contributed by atoms with E-state index >= 15 is 0 Å². The minimum absolute atomic E-state index is 0.139. The Bertz CT molecular complexity index is 465. The molecular formula is C17H31N3O. The molecule has 0 atom stereocenters. The van der Waals surface area contributed by atoms with Gasteiger partial charge in [0, 0.05) is 13.6 Å². The molecule has 0 radical (unpaired) electrons. The molecule has 1 aliphatic rings. The lowest BCUT2D eigenvalue weighted by Crippen LogP contribution is -2.45. The highest BCUT2D eigenvalue weighted by Gasteiger charge is 2.38. The van der Waals surface area contributed by atoms with Crippen molar-refractivity contribution in [3.8, 4) is 0 Å². The highest BCUT2D eigenvalue weighted by molar-refractivity contribution is 5.07. The highest BCUT2D eigenvalue weighted by Crippen LogP contribution is 2.42. The number of aromatic nitrogens is 2. The van der Waals surface area contributed by atoms with Crippen LogP contribution in [0.5, 0.6) is 0 Å². The predicted octanol–water partition coefficient (Wildman–Crippen LogP) is 3.18. The summed E-state index contributed by atoms with van der Waals surface area (Å²) < 4.78 is 8.18. The number of nitrogens with zero attached hydrogens (tertiary/aromatic N) is 2. The predicted molar refractivity (Wildman–Crippen MR) is 85.9 cm³/mol. The van der Waals surface area contributed by atoms with Gasteiger partial charge in [0.2, 0.25) is 0 Å². The molecule has 0 unspecified atom stereocenters. The number of hydrogen-bond donors (Lipinski definition) is 1. The normalized spacial score (nSPS) is 27.0. The summed E-state index contributed by atoms with van der Waals surface area (Å²) in [5.74, 6) is 0.778. The molecule has 4 heteroatoms. The van der Waals surface area contributed by atoms with Gasteiger partial charge in [-0.25, -0.2) is 0 Å². The first-order chi connectivity index (χ1) is 9.76. The Morgan fingerprint density at radius 2 is 2.00 bits per heavy atom. The van der Waals surface area contributed by atoms with Crippen LogP contribution in [0.1, 0.15) is 57.8 Å². The van der Waals surface area contributed by atoms with E-state index in [4.69, 9.17) is 10.5 Å². The van der Waals surface area contributed by atoms with Crippen LogP contribution in [-0.2, 0) is 18.4 Å². The molecule has 0 saturated heterocycles. The van der Waals surface area contributed by atoms with Crippen molar-refractivity contribution in [3.63, 3.8) is 0 Å². The maximum Gasteiger partial charge on any atom is 0.0892 e. The van der Waals surface area contributed by atoms with Crippen LogP contribution in [0.4, 0.5) is 0 Å². The van der Waals surface area contributed by atoms with Gasteiger partial charge >= 0.3 is 0 Å². The number of ether oxygens (including phenoxy) is 1. The van der Waals surface area contributed by atoms with Crippen LogP contribution in [0, 0.1) is 18.3 Å². The van der Waals surface area contributed by atoms with Crippen molar-refractivity contribution in [1.29, 1.82) is 0 Å². The third kappa shape index (κ3) is 3.86. The molecule has 1 aromatic heterocycles. The molecule has 120 valence electrons. The maximum absolute atomic E-state index is 6.28. The van der Waals surface area contributed by atoms with Gasteiger partial charge in [-0.1, -0.05) is 20.8 Å². The van der Waals surface area contributed by atoms with Crippen molar-refractivity contribution < 1.29 is 4.74 Å². The molecule has 0 bridgehead atoms. The van der Waals surface area contributed by atoms with Gasteiger partial charge in [0.25, 0.3) is 0 Å². The zero-order valence-corrected chi connectivity index (χ0v) is 14.3. The molecule has 1 saturated carbocycles. The molecule has 1 heterocycles. The fraction of sp³-hybridized carbons (Fsp3) is 0.824. The van der Waals surface area contributed by atoms with Crippen molar-refractivity contribution >= 4 is 0 Å². The molecule has 4 nitrogen and oxygen atoms in total. The van der Waals surface area contributed by atoms with Gasteiger partial charge in [0.15, 0.2) is 0 Å². The minimum atomic E-state index is -0.139. The molecule has 21 heavy (non-hydrogen) atoms. The van der Waals surface area contributed by atoms with E-state index in [1.165, 1.54) is 12.8 Å². The van der Waals surface area contributed by atoms with Crippen LogP contribution < -0.4 is 5.73 Å². The molecule has 0 amide bonds. The summed E-state index contributed by atoms with van der Waals surface area (Å²) in [6.45, 7) is 10.2. The van der Waals surface area contributed by atoms with Crippen molar-refractivity contribution in [2.75, 3.05) is 6.54 Å². The lowest BCUT2D eigenvalue weighted by Gasteiger charge is -2.43. The summed E-state index contributed by atoms with van der Waals surface area (Å²) in [6.07, 6.45) is 4.57. The molecule has 1 aliphatic carbocycles. The minimum Gasteiger partial charge on any atom is -0.367 e. The third-order valence-electron chi connectivity index (χ3n) is 5.12. The Morgan fingerprint density at radius 1 is 1.38 bits per heavy atom.